The Labute approximate surface area is 167 Å². The molecule has 2 heterocycles. The van der Waals surface area contributed by atoms with Crippen LogP contribution in [0.1, 0.15) is 29.4 Å². The highest BCUT2D eigenvalue weighted by molar-refractivity contribution is 7.98. The number of aryl methyl sites for hydroxylation is 2. The molecule has 0 fully saturated rings. The first-order valence-electron chi connectivity index (χ1n) is 8.77. The molecule has 0 spiro atoms. The summed E-state index contributed by atoms with van der Waals surface area (Å²) in [4.78, 5) is 32.5. The van der Waals surface area contributed by atoms with Gasteiger partial charge in [-0.3, -0.25) is 9.59 Å². The summed E-state index contributed by atoms with van der Waals surface area (Å²) < 4.78 is 1.68. The molecule has 0 atom stereocenters. The molecule has 8 nitrogen and oxygen atoms in total. The molecular weight excluding hydrogens is 376 g/mol. The van der Waals surface area contributed by atoms with Crippen molar-refractivity contribution in [3.05, 3.63) is 46.8 Å². The summed E-state index contributed by atoms with van der Waals surface area (Å²) in [5.74, 6) is 0.300. The van der Waals surface area contributed by atoms with Crippen LogP contribution >= 0.6 is 11.8 Å². The number of rotatable bonds is 6. The van der Waals surface area contributed by atoms with Crippen molar-refractivity contribution < 1.29 is 9.59 Å². The van der Waals surface area contributed by atoms with Gasteiger partial charge in [0.05, 0.1) is 6.42 Å². The minimum atomic E-state index is -0.132. The number of nitrogens with one attached hydrogen (secondary N) is 2. The number of nitrogens with zero attached hydrogens (tertiary/aromatic N) is 4. The van der Waals surface area contributed by atoms with E-state index < -0.39 is 0 Å². The molecule has 3 rings (SSSR count). The van der Waals surface area contributed by atoms with E-state index in [0.29, 0.717) is 23.2 Å². The molecule has 0 aliphatic heterocycles. The highest BCUT2D eigenvalue weighted by Crippen LogP contribution is 2.17. The average Bonchev–Trinajstić information content (AvgIpc) is 3.06. The smallest absolute Gasteiger partial charge is 0.253 e. The average molecular weight is 398 g/mol. The van der Waals surface area contributed by atoms with Crippen LogP contribution in [0.4, 0.5) is 5.69 Å². The normalized spacial score (nSPS) is 10.9. The van der Waals surface area contributed by atoms with Crippen LogP contribution in [0.25, 0.3) is 5.78 Å². The van der Waals surface area contributed by atoms with E-state index in [1.165, 1.54) is 18.7 Å². The molecule has 0 bridgehead atoms. The zero-order valence-electron chi connectivity index (χ0n) is 16.2. The molecule has 3 aromatic rings. The van der Waals surface area contributed by atoms with Crippen molar-refractivity contribution in [2.75, 3.05) is 11.6 Å². The van der Waals surface area contributed by atoms with E-state index in [-0.39, 0.29) is 18.2 Å². The molecule has 2 aromatic heterocycles. The maximum absolute atomic E-state index is 12.5. The van der Waals surface area contributed by atoms with Gasteiger partial charge in [-0.1, -0.05) is 23.9 Å². The molecule has 0 unspecified atom stereocenters. The van der Waals surface area contributed by atoms with Crippen LogP contribution in [-0.4, -0.2) is 37.7 Å². The first-order chi connectivity index (χ1) is 13.4. The second-order valence-electron chi connectivity index (χ2n) is 6.41. The van der Waals surface area contributed by atoms with Crippen LogP contribution in [0.2, 0.25) is 0 Å². The zero-order chi connectivity index (χ0) is 20.3. The van der Waals surface area contributed by atoms with Crippen LogP contribution in [0, 0.1) is 13.8 Å². The fourth-order valence-electron chi connectivity index (χ4n) is 2.92. The Morgan fingerprint density at radius 3 is 2.71 bits per heavy atom. The molecule has 0 radical (unpaired) electrons. The Morgan fingerprint density at radius 2 is 2.00 bits per heavy atom. The standard InChI is InChI=1S/C19H22N6O2S/c1-11-16(12(2)25-18(21-11)23-19(24-25)28-4)9-17(27)20-10-14-6-5-7-15(8-14)22-13(3)26/h5-8H,9-10H2,1-4H3,(H,20,27)(H,22,26). The van der Waals surface area contributed by atoms with Crippen LogP contribution in [-0.2, 0) is 22.6 Å². The highest BCUT2D eigenvalue weighted by atomic mass is 32.2. The van der Waals surface area contributed by atoms with E-state index in [4.69, 9.17) is 0 Å². The van der Waals surface area contributed by atoms with E-state index in [2.05, 4.69) is 25.7 Å². The zero-order valence-corrected chi connectivity index (χ0v) is 17.1. The van der Waals surface area contributed by atoms with Gasteiger partial charge in [-0.05, 0) is 37.8 Å². The maximum atomic E-state index is 12.5. The van der Waals surface area contributed by atoms with Crippen molar-refractivity contribution >= 4 is 35.0 Å². The third-order valence-corrected chi connectivity index (χ3v) is 4.82. The fourth-order valence-corrected chi connectivity index (χ4v) is 3.25. The van der Waals surface area contributed by atoms with Crippen molar-refractivity contribution in [3.63, 3.8) is 0 Å². The van der Waals surface area contributed by atoms with Gasteiger partial charge in [0.2, 0.25) is 17.0 Å². The lowest BCUT2D eigenvalue weighted by atomic mass is 10.1. The van der Waals surface area contributed by atoms with Gasteiger partial charge in [-0.25, -0.2) is 9.50 Å². The SMILES string of the molecule is CSc1nc2nc(C)c(CC(=O)NCc3cccc(NC(C)=O)c3)c(C)n2n1. The van der Waals surface area contributed by atoms with E-state index >= 15 is 0 Å². The minimum Gasteiger partial charge on any atom is -0.352 e. The third kappa shape index (κ3) is 4.48. The molecule has 0 saturated heterocycles. The first kappa shape index (κ1) is 19.8. The molecular formula is C19H22N6O2S. The van der Waals surface area contributed by atoms with Gasteiger partial charge >= 0.3 is 0 Å². The summed E-state index contributed by atoms with van der Waals surface area (Å²) in [6.45, 7) is 5.63. The molecule has 0 aliphatic carbocycles. The summed E-state index contributed by atoms with van der Waals surface area (Å²) in [5.41, 5.74) is 4.08. The van der Waals surface area contributed by atoms with E-state index in [9.17, 15) is 9.59 Å². The number of hydrogen-bond donors (Lipinski definition) is 2. The molecule has 2 amide bonds. The van der Waals surface area contributed by atoms with Gasteiger partial charge in [0, 0.05) is 36.1 Å². The summed E-state index contributed by atoms with van der Waals surface area (Å²) in [6, 6.07) is 7.38. The Balaban J connectivity index is 1.70. The monoisotopic (exact) mass is 398 g/mol. The molecule has 28 heavy (non-hydrogen) atoms. The number of thioether (sulfide) groups is 1. The molecule has 1 aromatic carbocycles. The highest BCUT2D eigenvalue weighted by Gasteiger charge is 2.16. The van der Waals surface area contributed by atoms with Crippen molar-refractivity contribution in [3.8, 4) is 0 Å². The second kappa shape index (κ2) is 8.39. The van der Waals surface area contributed by atoms with E-state index in [1.54, 1.807) is 10.6 Å². The molecule has 146 valence electrons. The quantitative estimate of drug-likeness (QED) is 0.618. The lowest BCUT2D eigenvalue weighted by Gasteiger charge is -2.11. The molecule has 9 heteroatoms. The number of anilines is 1. The lowest BCUT2D eigenvalue weighted by molar-refractivity contribution is -0.120. The van der Waals surface area contributed by atoms with E-state index in [0.717, 1.165) is 22.5 Å². The third-order valence-electron chi connectivity index (χ3n) is 4.29. The largest absolute Gasteiger partial charge is 0.352 e. The summed E-state index contributed by atoms with van der Waals surface area (Å²) in [7, 11) is 0. The summed E-state index contributed by atoms with van der Waals surface area (Å²) in [6.07, 6.45) is 2.12. The Hall–Kier alpha value is -2.94. The molecule has 0 aliphatic rings. The minimum absolute atomic E-state index is 0.109. The number of amides is 2. The van der Waals surface area contributed by atoms with Crippen molar-refractivity contribution in [1.29, 1.82) is 0 Å². The van der Waals surface area contributed by atoms with Crippen LogP contribution in [0.5, 0.6) is 0 Å². The van der Waals surface area contributed by atoms with Gasteiger partial charge < -0.3 is 10.6 Å². The van der Waals surface area contributed by atoms with E-state index in [1.807, 2.05) is 38.3 Å². The van der Waals surface area contributed by atoms with Gasteiger partial charge in [0.25, 0.3) is 5.78 Å². The second-order valence-corrected chi connectivity index (χ2v) is 7.18. The van der Waals surface area contributed by atoms with Gasteiger partial charge in [0.15, 0.2) is 0 Å². The first-order valence-corrected chi connectivity index (χ1v) is 10.00. The fraction of sp³-hybridized carbons (Fsp3) is 0.316. The van der Waals surface area contributed by atoms with Crippen LogP contribution in [0.15, 0.2) is 29.4 Å². The van der Waals surface area contributed by atoms with Crippen molar-refractivity contribution in [2.24, 2.45) is 0 Å². The van der Waals surface area contributed by atoms with Crippen LogP contribution < -0.4 is 10.6 Å². The number of benzene rings is 1. The Kier molecular flexibility index (Phi) is 5.93. The van der Waals surface area contributed by atoms with Gasteiger partial charge in [-0.15, -0.1) is 5.10 Å². The Morgan fingerprint density at radius 1 is 1.21 bits per heavy atom. The summed E-state index contributed by atoms with van der Waals surface area (Å²) in [5, 5.41) is 10.7. The van der Waals surface area contributed by atoms with Crippen LogP contribution in [0.3, 0.4) is 0 Å². The number of fused-ring (bicyclic) bond motifs is 1. The number of carbonyl (C=O) groups is 2. The topological polar surface area (TPSA) is 101 Å². The molecule has 2 N–H and O–H groups in total. The maximum Gasteiger partial charge on any atom is 0.253 e. The number of aromatic nitrogens is 4. The predicted molar refractivity (Wildman–Crippen MR) is 108 cm³/mol. The summed E-state index contributed by atoms with van der Waals surface area (Å²) >= 11 is 1.45. The van der Waals surface area contributed by atoms with Gasteiger partial charge in [-0.2, -0.15) is 4.98 Å². The predicted octanol–water partition coefficient (Wildman–Crippen LogP) is 2.28. The van der Waals surface area contributed by atoms with Gasteiger partial charge in [0.1, 0.15) is 0 Å². The molecule has 0 saturated carbocycles. The van der Waals surface area contributed by atoms with Crippen molar-refractivity contribution in [2.45, 2.75) is 38.9 Å². The number of hydrogen-bond acceptors (Lipinski definition) is 6. The Bertz CT molecular complexity index is 1050. The van der Waals surface area contributed by atoms with Crippen molar-refractivity contribution in [1.82, 2.24) is 24.9 Å². The lowest BCUT2D eigenvalue weighted by Crippen LogP contribution is -2.26. The number of carbonyl (C=O) groups excluding carboxylic acids is 2.